The molecule has 0 saturated carbocycles. The lowest BCUT2D eigenvalue weighted by Gasteiger charge is -2.20. The zero-order valence-electron chi connectivity index (χ0n) is 12.6. The molecule has 1 amide bonds. The van der Waals surface area contributed by atoms with E-state index in [0.29, 0.717) is 17.4 Å². The fraction of sp³-hybridized carbons (Fsp3) is 0.600. The van der Waals surface area contributed by atoms with Crippen molar-refractivity contribution in [2.45, 2.75) is 38.8 Å². The van der Waals surface area contributed by atoms with E-state index in [9.17, 15) is 4.79 Å². The molecule has 3 N–H and O–H groups in total. The zero-order valence-corrected chi connectivity index (χ0v) is 13.3. The molecular weight excluding hydrogens is 288 g/mol. The maximum Gasteiger partial charge on any atom is 0.237 e. The van der Waals surface area contributed by atoms with Gasteiger partial charge in [-0.2, -0.15) is 0 Å². The Labute approximate surface area is 130 Å². The summed E-state index contributed by atoms with van der Waals surface area (Å²) in [6.07, 6.45) is 3.31. The Morgan fingerprint density at radius 1 is 1.62 bits per heavy atom. The van der Waals surface area contributed by atoms with Crippen LogP contribution in [0.15, 0.2) is 18.3 Å². The first-order valence-corrected chi connectivity index (χ1v) is 7.76. The summed E-state index contributed by atoms with van der Waals surface area (Å²) in [6, 6.07) is 3.31. The molecule has 1 unspecified atom stereocenters. The van der Waals surface area contributed by atoms with Gasteiger partial charge in [0.25, 0.3) is 0 Å². The monoisotopic (exact) mass is 310 g/mol. The van der Waals surface area contributed by atoms with Gasteiger partial charge in [-0.1, -0.05) is 25.4 Å². The Hall–Kier alpha value is -1.33. The maximum absolute atomic E-state index is 12.0. The number of halogens is 1. The van der Waals surface area contributed by atoms with Crippen molar-refractivity contribution in [3.05, 3.63) is 23.4 Å². The normalized spacial score (nSPS) is 19.9. The van der Waals surface area contributed by atoms with E-state index in [1.807, 2.05) is 12.1 Å². The first-order chi connectivity index (χ1) is 9.97. The van der Waals surface area contributed by atoms with Crippen molar-refractivity contribution < 1.29 is 4.79 Å². The molecule has 116 valence electrons. The lowest BCUT2D eigenvalue weighted by molar-refractivity contribution is -0.123. The number of amides is 1. The lowest BCUT2D eigenvalue weighted by atomic mass is 10.0. The summed E-state index contributed by atoms with van der Waals surface area (Å²) in [6.45, 7) is 5.68. The molecule has 0 bridgehead atoms. The predicted molar refractivity (Wildman–Crippen MR) is 85.4 cm³/mol. The van der Waals surface area contributed by atoms with Gasteiger partial charge >= 0.3 is 0 Å². The van der Waals surface area contributed by atoms with Crippen LogP contribution in [-0.2, 0) is 4.79 Å². The molecule has 2 rings (SSSR count). The van der Waals surface area contributed by atoms with Crippen molar-refractivity contribution in [1.29, 1.82) is 0 Å². The van der Waals surface area contributed by atoms with E-state index in [0.717, 1.165) is 25.3 Å². The number of nitrogens with one attached hydrogen (secondary N) is 1. The minimum atomic E-state index is -0.433. The van der Waals surface area contributed by atoms with Crippen LogP contribution in [0.3, 0.4) is 0 Å². The standard InChI is InChI=1S/C15H23ClN4O/c1-10(2)8-13(17)15(21)19-11-5-7-20(9-11)14-12(16)4-3-6-18-14/h3-4,6,10-11,13H,5,7-9,17H2,1-2H3,(H,19,21)/t11?,13-/m0/s1. The van der Waals surface area contributed by atoms with Crippen LogP contribution in [0, 0.1) is 5.92 Å². The molecule has 0 aromatic carbocycles. The van der Waals surface area contributed by atoms with E-state index < -0.39 is 6.04 Å². The average Bonchev–Trinajstić information content (AvgIpc) is 2.86. The van der Waals surface area contributed by atoms with Gasteiger partial charge in [0.15, 0.2) is 0 Å². The smallest absolute Gasteiger partial charge is 0.237 e. The Bertz CT molecular complexity index is 494. The molecule has 1 aromatic rings. The van der Waals surface area contributed by atoms with E-state index in [-0.39, 0.29) is 11.9 Å². The SMILES string of the molecule is CC(C)C[C@H](N)C(=O)NC1CCN(c2ncccc2Cl)C1. The van der Waals surface area contributed by atoms with Crippen LogP contribution in [0.2, 0.25) is 5.02 Å². The molecule has 2 atom stereocenters. The van der Waals surface area contributed by atoms with Crippen LogP contribution < -0.4 is 16.0 Å². The molecule has 2 heterocycles. The van der Waals surface area contributed by atoms with Gasteiger partial charge in [0.05, 0.1) is 11.1 Å². The summed E-state index contributed by atoms with van der Waals surface area (Å²) >= 11 is 6.15. The number of pyridine rings is 1. The van der Waals surface area contributed by atoms with E-state index in [2.05, 4.69) is 29.0 Å². The topological polar surface area (TPSA) is 71.2 Å². The van der Waals surface area contributed by atoms with Gasteiger partial charge in [-0.15, -0.1) is 0 Å². The van der Waals surface area contributed by atoms with Gasteiger partial charge in [0.1, 0.15) is 5.82 Å². The van der Waals surface area contributed by atoms with Crippen LogP contribution in [0.25, 0.3) is 0 Å². The number of carbonyl (C=O) groups excluding carboxylic acids is 1. The largest absolute Gasteiger partial charge is 0.353 e. The molecule has 6 heteroatoms. The fourth-order valence-electron chi connectivity index (χ4n) is 2.60. The minimum absolute atomic E-state index is 0.0670. The summed E-state index contributed by atoms with van der Waals surface area (Å²) in [5.74, 6) is 1.13. The average molecular weight is 311 g/mol. The van der Waals surface area contributed by atoms with Crippen molar-refractivity contribution >= 4 is 23.3 Å². The number of aromatic nitrogens is 1. The Balaban J connectivity index is 1.88. The third kappa shape index (κ3) is 4.32. The molecule has 1 saturated heterocycles. The summed E-state index contributed by atoms with van der Waals surface area (Å²) in [5.41, 5.74) is 5.91. The second-order valence-electron chi connectivity index (χ2n) is 5.99. The van der Waals surface area contributed by atoms with E-state index >= 15 is 0 Å². The van der Waals surface area contributed by atoms with Crippen LogP contribution in [0.5, 0.6) is 0 Å². The van der Waals surface area contributed by atoms with E-state index in [1.165, 1.54) is 0 Å². The molecule has 0 spiro atoms. The predicted octanol–water partition coefficient (Wildman–Crippen LogP) is 1.80. The number of nitrogens with two attached hydrogens (primary N) is 1. The Morgan fingerprint density at radius 3 is 3.05 bits per heavy atom. The third-order valence-electron chi connectivity index (χ3n) is 3.64. The molecule has 1 aliphatic rings. The summed E-state index contributed by atoms with van der Waals surface area (Å²) in [4.78, 5) is 18.5. The lowest BCUT2D eigenvalue weighted by Crippen LogP contribution is -2.46. The molecule has 0 aliphatic carbocycles. The molecule has 1 fully saturated rings. The second-order valence-corrected chi connectivity index (χ2v) is 6.39. The quantitative estimate of drug-likeness (QED) is 0.870. The number of nitrogens with zero attached hydrogens (tertiary/aromatic N) is 2. The highest BCUT2D eigenvalue weighted by Gasteiger charge is 2.27. The molecule has 5 nitrogen and oxygen atoms in total. The molecule has 21 heavy (non-hydrogen) atoms. The molecule has 1 aliphatic heterocycles. The van der Waals surface area contributed by atoms with Crippen molar-refractivity contribution in [3.63, 3.8) is 0 Å². The fourth-order valence-corrected chi connectivity index (χ4v) is 2.84. The van der Waals surface area contributed by atoms with Gasteiger partial charge in [0.2, 0.25) is 5.91 Å². The number of carbonyl (C=O) groups is 1. The molecule has 1 aromatic heterocycles. The number of anilines is 1. The maximum atomic E-state index is 12.0. The van der Waals surface area contributed by atoms with Crippen molar-refractivity contribution in [2.24, 2.45) is 11.7 Å². The first kappa shape index (κ1) is 16.0. The number of hydrogen-bond acceptors (Lipinski definition) is 4. The summed E-state index contributed by atoms with van der Waals surface area (Å²) in [7, 11) is 0. The van der Waals surface area contributed by atoms with Crippen LogP contribution >= 0.6 is 11.6 Å². The summed E-state index contributed by atoms with van der Waals surface area (Å²) in [5, 5.41) is 3.67. The van der Waals surface area contributed by atoms with Gasteiger partial charge in [-0.05, 0) is 30.9 Å². The van der Waals surface area contributed by atoms with Crippen LogP contribution in [-0.4, -0.2) is 36.1 Å². The highest BCUT2D eigenvalue weighted by Crippen LogP contribution is 2.25. The van der Waals surface area contributed by atoms with E-state index in [4.69, 9.17) is 17.3 Å². The highest BCUT2D eigenvalue weighted by atomic mass is 35.5. The summed E-state index contributed by atoms with van der Waals surface area (Å²) < 4.78 is 0. The van der Waals surface area contributed by atoms with Gasteiger partial charge < -0.3 is 16.0 Å². The number of rotatable bonds is 5. The van der Waals surface area contributed by atoms with Gasteiger partial charge in [-0.3, -0.25) is 4.79 Å². The zero-order chi connectivity index (χ0) is 15.4. The Kier molecular flexibility index (Phi) is 5.42. The van der Waals surface area contributed by atoms with Gasteiger partial charge in [-0.25, -0.2) is 4.98 Å². The molecular formula is C15H23ClN4O. The van der Waals surface area contributed by atoms with Gasteiger partial charge in [0, 0.05) is 25.3 Å². The van der Waals surface area contributed by atoms with E-state index in [1.54, 1.807) is 6.20 Å². The first-order valence-electron chi connectivity index (χ1n) is 7.38. The van der Waals surface area contributed by atoms with Crippen molar-refractivity contribution in [2.75, 3.05) is 18.0 Å². The number of hydrogen-bond donors (Lipinski definition) is 2. The highest BCUT2D eigenvalue weighted by molar-refractivity contribution is 6.32. The van der Waals surface area contributed by atoms with Crippen molar-refractivity contribution in [1.82, 2.24) is 10.3 Å². The van der Waals surface area contributed by atoms with Crippen molar-refractivity contribution in [3.8, 4) is 0 Å². The minimum Gasteiger partial charge on any atom is -0.353 e. The Morgan fingerprint density at radius 2 is 2.38 bits per heavy atom. The second kappa shape index (κ2) is 7.09. The van der Waals surface area contributed by atoms with Crippen LogP contribution in [0.1, 0.15) is 26.7 Å². The third-order valence-corrected chi connectivity index (χ3v) is 3.93. The molecule has 0 radical (unpaired) electrons. The van der Waals surface area contributed by atoms with Crippen LogP contribution in [0.4, 0.5) is 5.82 Å².